The number of nitrogens with zero attached hydrogens (tertiary/aromatic N) is 1. The first-order chi connectivity index (χ1) is 7.20. The van der Waals surface area contributed by atoms with E-state index in [-0.39, 0.29) is 11.7 Å². The second-order valence-corrected chi connectivity index (χ2v) is 3.60. The summed E-state index contributed by atoms with van der Waals surface area (Å²) in [6, 6.07) is 1.31. The normalized spacial score (nSPS) is 25.5. The monoisotopic (exact) mass is 212 g/mol. The molecule has 1 aromatic heterocycles. The van der Waals surface area contributed by atoms with E-state index in [1.54, 1.807) is 0 Å². The van der Waals surface area contributed by atoms with Gasteiger partial charge in [0.25, 0.3) is 0 Å². The molecule has 1 fully saturated rings. The van der Waals surface area contributed by atoms with Crippen LogP contribution in [0.15, 0.2) is 12.3 Å². The Bertz CT molecular complexity index is 359. The molecule has 2 N–H and O–H groups in total. The molecule has 0 amide bonds. The number of aromatic nitrogens is 1. The highest BCUT2D eigenvalue weighted by Gasteiger charge is 2.27. The molecule has 0 spiro atoms. The van der Waals surface area contributed by atoms with Gasteiger partial charge in [-0.1, -0.05) is 0 Å². The molecule has 2 heterocycles. The number of ether oxygens (including phenoxy) is 1. The lowest BCUT2D eigenvalue weighted by atomic mass is 10.0. The third-order valence-electron chi connectivity index (χ3n) is 2.57. The number of hydrogen-bond acceptors (Lipinski definition) is 4. The number of rotatable bonds is 2. The molecule has 82 valence electrons. The molecule has 0 aromatic carbocycles. The average molecular weight is 212 g/mol. The zero-order chi connectivity index (χ0) is 10.8. The second-order valence-electron chi connectivity index (χ2n) is 3.60. The molecule has 15 heavy (non-hydrogen) atoms. The molecule has 1 saturated heterocycles. The Kier molecular flexibility index (Phi) is 2.83. The lowest BCUT2D eigenvalue weighted by Gasteiger charge is -2.09. The Hall–Kier alpha value is -1.20. The summed E-state index contributed by atoms with van der Waals surface area (Å²) in [6.45, 7) is 0.553. The van der Waals surface area contributed by atoms with Gasteiger partial charge in [-0.25, -0.2) is 4.39 Å². The van der Waals surface area contributed by atoms with Crippen LogP contribution in [0.25, 0.3) is 0 Å². The predicted octanol–water partition coefficient (Wildman–Crippen LogP) is 0.625. The lowest BCUT2D eigenvalue weighted by Crippen LogP contribution is -2.19. The van der Waals surface area contributed by atoms with Gasteiger partial charge in [0.1, 0.15) is 17.8 Å². The second kappa shape index (κ2) is 4.12. The first kappa shape index (κ1) is 10.3. The fourth-order valence-corrected chi connectivity index (χ4v) is 1.77. The Labute approximate surface area is 87.1 Å². The molecular formula is C10H13FN2O2. The van der Waals surface area contributed by atoms with Crippen molar-refractivity contribution in [1.29, 1.82) is 0 Å². The maximum absolute atomic E-state index is 13.6. The topological polar surface area (TPSA) is 54.4 Å². The SMILES string of the molecule is COc1cnc([C@@H]2CNC(O)C2)c(F)c1. The highest BCUT2D eigenvalue weighted by molar-refractivity contribution is 5.24. The summed E-state index contributed by atoms with van der Waals surface area (Å²) in [5, 5.41) is 12.1. The van der Waals surface area contributed by atoms with Crippen LogP contribution in [0, 0.1) is 5.82 Å². The van der Waals surface area contributed by atoms with E-state index in [9.17, 15) is 9.50 Å². The van der Waals surface area contributed by atoms with Crippen molar-refractivity contribution < 1.29 is 14.2 Å². The highest BCUT2D eigenvalue weighted by atomic mass is 19.1. The van der Waals surface area contributed by atoms with Crippen molar-refractivity contribution in [3.05, 3.63) is 23.8 Å². The minimum Gasteiger partial charge on any atom is -0.495 e. The third-order valence-corrected chi connectivity index (χ3v) is 2.57. The van der Waals surface area contributed by atoms with E-state index in [4.69, 9.17) is 4.74 Å². The molecular weight excluding hydrogens is 199 g/mol. The Morgan fingerprint density at radius 1 is 1.67 bits per heavy atom. The third kappa shape index (κ3) is 2.08. The maximum atomic E-state index is 13.6. The average Bonchev–Trinajstić information content (AvgIpc) is 2.64. The van der Waals surface area contributed by atoms with Crippen LogP contribution in [0.2, 0.25) is 0 Å². The molecule has 5 heteroatoms. The molecule has 1 aliphatic rings. The van der Waals surface area contributed by atoms with Crippen LogP contribution < -0.4 is 10.1 Å². The molecule has 0 radical (unpaired) electrons. The minimum absolute atomic E-state index is 0.0640. The van der Waals surface area contributed by atoms with Gasteiger partial charge < -0.3 is 9.84 Å². The van der Waals surface area contributed by atoms with Crippen LogP contribution in [0.3, 0.4) is 0 Å². The zero-order valence-corrected chi connectivity index (χ0v) is 8.40. The van der Waals surface area contributed by atoms with Crippen molar-refractivity contribution in [3.8, 4) is 5.75 Å². The highest BCUT2D eigenvalue weighted by Crippen LogP contribution is 2.26. The summed E-state index contributed by atoms with van der Waals surface area (Å²) in [4.78, 5) is 4.01. The quantitative estimate of drug-likeness (QED) is 0.754. The molecule has 0 saturated carbocycles. The first-order valence-electron chi connectivity index (χ1n) is 4.81. The molecule has 1 unspecified atom stereocenters. The van der Waals surface area contributed by atoms with Gasteiger partial charge in [-0.05, 0) is 6.42 Å². The van der Waals surface area contributed by atoms with Gasteiger partial charge in [0.2, 0.25) is 0 Å². The molecule has 1 aliphatic heterocycles. The van der Waals surface area contributed by atoms with Gasteiger partial charge in [0.15, 0.2) is 0 Å². The van der Waals surface area contributed by atoms with Crippen molar-refractivity contribution in [2.45, 2.75) is 18.6 Å². The number of halogens is 1. The fraction of sp³-hybridized carbons (Fsp3) is 0.500. The number of aliphatic hydroxyl groups excluding tert-OH is 1. The number of methoxy groups -OCH3 is 1. The van der Waals surface area contributed by atoms with Gasteiger partial charge in [0, 0.05) is 18.5 Å². The summed E-state index contributed by atoms with van der Waals surface area (Å²) < 4.78 is 18.4. The molecule has 1 aromatic rings. The van der Waals surface area contributed by atoms with Crippen molar-refractivity contribution in [2.75, 3.05) is 13.7 Å². The molecule has 0 aliphatic carbocycles. The van der Waals surface area contributed by atoms with Crippen LogP contribution in [-0.2, 0) is 0 Å². The van der Waals surface area contributed by atoms with Crippen molar-refractivity contribution >= 4 is 0 Å². The Balaban J connectivity index is 2.21. The number of aliphatic hydroxyl groups is 1. The van der Waals surface area contributed by atoms with E-state index in [1.807, 2.05) is 0 Å². The number of pyridine rings is 1. The smallest absolute Gasteiger partial charge is 0.148 e. The van der Waals surface area contributed by atoms with E-state index < -0.39 is 6.23 Å². The van der Waals surface area contributed by atoms with E-state index in [0.717, 1.165) is 0 Å². The fourth-order valence-electron chi connectivity index (χ4n) is 1.77. The molecule has 2 rings (SSSR count). The molecule has 0 bridgehead atoms. The minimum atomic E-state index is -0.557. The maximum Gasteiger partial charge on any atom is 0.148 e. The van der Waals surface area contributed by atoms with Gasteiger partial charge in [-0.3, -0.25) is 10.3 Å². The standard InChI is InChI=1S/C10H13FN2O2/c1-15-7-3-8(11)10(13-5-7)6-2-9(14)12-4-6/h3,5-6,9,12,14H,2,4H2,1H3/t6-,9?/m0/s1. The van der Waals surface area contributed by atoms with Crippen molar-refractivity contribution in [1.82, 2.24) is 10.3 Å². The molecule has 2 atom stereocenters. The Morgan fingerprint density at radius 3 is 3.00 bits per heavy atom. The van der Waals surface area contributed by atoms with Gasteiger partial charge in [-0.15, -0.1) is 0 Å². The zero-order valence-electron chi connectivity index (χ0n) is 8.40. The summed E-state index contributed by atoms with van der Waals surface area (Å²) >= 11 is 0. The molecule has 4 nitrogen and oxygen atoms in total. The van der Waals surface area contributed by atoms with E-state index in [2.05, 4.69) is 10.3 Å². The van der Waals surface area contributed by atoms with Gasteiger partial charge >= 0.3 is 0 Å². The van der Waals surface area contributed by atoms with Crippen LogP contribution in [0.5, 0.6) is 5.75 Å². The largest absolute Gasteiger partial charge is 0.495 e. The number of hydrogen-bond donors (Lipinski definition) is 2. The lowest BCUT2D eigenvalue weighted by molar-refractivity contribution is 0.159. The van der Waals surface area contributed by atoms with Crippen LogP contribution in [-0.4, -0.2) is 30.0 Å². The summed E-state index contributed by atoms with van der Waals surface area (Å²) in [5.74, 6) is -0.0380. The first-order valence-corrected chi connectivity index (χ1v) is 4.81. The van der Waals surface area contributed by atoms with E-state index in [1.165, 1.54) is 19.4 Å². The summed E-state index contributed by atoms with van der Waals surface area (Å²) in [5.41, 5.74) is 0.389. The number of nitrogens with one attached hydrogen (secondary N) is 1. The van der Waals surface area contributed by atoms with E-state index >= 15 is 0 Å². The Morgan fingerprint density at radius 2 is 2.47 bits per heavy atom. The van der Waals surface area contributed by atoms with Crippen LogP contribution >= 0.6 is 0 Å². The predicted molar refractivity (Wildman–Crippen MR) is 52.1 cm³/mol. The summed E-state index contributed by atoms with van der Waals surface area (Å²) in [6.07, 6.45) is 1.43. The van der Waals surface area contributed by atoms with Gasteiger partial charge in [-0.2, -0.15) is 0 Å². The van der Waals surface area contributed by atoms with Crippen molar-refractivity contribution in [2.24, 2.45) is 0 Å². The van der Waals surface area contributed by atoms with Crippen LogP contribution in [0.4, 0.5) is 4.39 Å². The van der Waals surface area contributed by atoms with Crippen molar-refractivity contribution in [3.63, 3.8) is 0 Å². The van der Waals surface area contributed by atoms with Crippen LogP contribution in [0.1, 0.15) is 18.0 Å². The van der Waals surface area contributed by atoms with Gasteiger partial charge in [0.05, 0.1) is 19.0 Å². The van der Waals surface area contributed by atoms with E-state index in [0.29, 0.717) is 24.4 Å². The summed E-state index contributed by atoms with van der Waals surface area (Å²) in [7, 11) is 1.47.